The van der Waals surface area contributed by atoms with Gasteiger partial charge in [-0.1, -0.05) is 12.1 Å². The van der Waals surface area contributed by atoms with Gasteiger partial charge in [-0.15, -0.1) is 0 Å². The molecular formula is C22H22O11. The minimum absolute atomic E-state index is 0.0178. The molecule has 6 atom stereocenters. The highest BCUT2D eigenvalue weighted by atomic mass is 16.7. The van der Waals surface area contributed by atoms with Crippen molar-refractivity contribution in [1.82, 2.24) is 0 Å². The van der Waals surface area contributed by atoms with Crippen LogP contribution in [0.4, 0.5) is 0 Å². The van der Waals surface area contributed by atoms with Crippen molar-refractivity contribution in [3.63, 3.8) is 0 Å². The molecule has 0 unspecified atom stereocenters. The number of carboxylic acid groups (broad SMARTS) is 1. The van der Waals surface area contributed by atoms with Crippen molar-refractivity contribution < 1.29 is 54.4 Å². The van der Waals surface area contributed by atoms with Crippen LogP contribution >= 0.6 is 0 Å². The van der Waals surface area contributed by atoms with Gasteiger partial charge in [0, 0.05) is 12.1 Å². The number of phenolic OH excluding ortho intramolecular Hbond substituents is 2. The number of aliphatic carboxylic acids is 1. The second-order valence-electron chi connectivity index (χ2n) is 7.95. The third-order valence-electron chi connectivity index (χ3n) is 5.63. The molecular weight excluding hydrogens is 440 g/mol. The number of aromatic hydroxyl groups is 2. The van der Waals surface area contributed by atoms with Crippen LogP contribution in [0.3, 0.4) is 0 Å². The van der Waals surface area contributed by atoms with Crippen molar-refractivity contribution in [2.24, 2.45) is 0 Å². The first-order valence-electron chi connectivity index (χ1n) is 10.0. The largest absolute Gasteiger partial charge is 0.508 e. The van der Waals surface area contributed by atoms with Crippen LogP contribution in [0.2, 0.25) is 0 Å². The smallest absolute Gasteiger partial charge is 0.335 e. The number of fused-ring (bicyclic) bond motifs is 1. The summed E-state index contributed by atoms with van der Waals surface area (Å²) in [4.78, 5) is 23.9. The number of rotatable bonds is 4. The van der Waals surface area contributed by atoms with Gasteiger partial charge in [-0.3, -0.25) is 4.79 Å². The highest BCUT2D eigenvalue weighted by Gasteiger charge is 2.48. The molecule has 1 fully saturated rings. The third kappa shape index (κ3) is 4.18. The fourth-order valence-electron chi connectivity index (χ4n) is 3.83. The second-order valence-corrected chi connectivity index (χ2v) is 7.95. The average molecular weight is 462 g/mol. The lowest BCUT2D eigenvalue weighted by atomic mass is 9.94. The summed E-state index contributed by atoms with van der Waals surface area (Å²) in [6, 6.07) is 7.08. The fraction of sp³-hybridized carbons (Fsp3) is 0.364. The second kappa shape index (κ2) is 8.52. The number of carbonyl (C=O) groups excluding carboxylic acids is 1. The number of benzene rings is 2. The molecule has 4 rings (SSSR count). The van der Waals surface area contributed by atoms with Gasteiger partial charge in [0.05, 0.1) is 6.42 Å². The summed E-state index contributed by atoms with van der Waals surface area (Å²) < 4.78 is 16.6. The molecule has 0 amide bonds. The minimum atomic E-state index is -1.85. The number of hydrogen-bond acceptors (Lipinski definition) is 10. The van der Waals surface area contributed by atoms with Gasteiger partial charge in [0.15, 0.2) is 11.9 Å². The Bertz CT molecular complexity index is 1100. The highest BCUT2D eigenvalue weighted by Crippen LogP contribution is 2.42. The van der Waals surface area contributed by atoms with E-state index in [1.165, 1.54) is 12.1 Å². The Morgan fingerprint density at radius 2 is 1.79 bits per heavy atom. The SMILES string of the molecule is Cc1ccc([C@@H]2CC(=O)c3c(O)cc(O)cc3O2)cc1O[C@H]1O[C@H](C(=O)O)[C@@H](O)[C@H](O)[C@H]1O. The van der Waals surface area contributed by atoms with Gasteiger partial charge in [0.2, 0.25) is 6.29 Å². The number of hydrogen-bond donors (Lipinski definition) is 6. The number of aliphatic hydroxyl groups excluding tert-OH is 3. The summed E-state index contributed by atoms with van der Waals surface area (Å²) in [5.41, 5.74) is 1.02. The number of carboxylic acids is 1. The van der Waals surface area contributed by atoms with Gasteiger partial charge in [0.1, 0.15) is 53.0 Å². The zero-order chi connectivity index (χ0) is 24.0. The van der Waals surface area contributed by atoms with Gasteiger partial charge in [0.25, 0.3) is 0 Å². The summed E-state index contributed by atoms with van der Waals surface area (Å²) in [5, 5.41) is 58.9. The van der Waals surface area contributed by atoms with E-state index in [1.54, 1.807) is 19.1 Å². The Kier molecular flexibility index (Phi) is 5.89. The van der Waals surface area contributed by atoms with Crippen LogP contribution in [0.1, 0.15) is 34.0 Å². The number of aliphatic hydroxyl groups is 3. The number of ketones is 1. The van der Waals surface area contributed by atoms with Crippen LogP contribution in [0, 0.1) is 6.92 Å². The van der Waals surface area contributed by atoms with Crippen LogP contribution in [-0.4, -0.2) is 73.1 Å². The maximum absolute atomic E-state index is 12.6. The summed E-state index contributed by atoms with van der Waals surface area (Å²) in [7, 11) is 0. The van der Waals surface area contributed by atoms with Crippen molar-refractivity contribution in [2.45, 2.75) is 50.2 Å². The maximum Gasteiger partial charge on any atom is 0.335 e. The molecule has 0 aromatic heterocycles. The maximum atomic E-state index is 12.6. The first kappa shape index (κ1) is 22.8. The molecule has 0 bridgehead atoms. The van der Waals surface area contributed by atoms with Crippen molar-refractivity contribution in [1.29, 1.82) is 0 Å². The lowest BCUT2D eigenvalue weighted by Gasteiger charge is -2.38. The standard InChI is InChI=1S/C22H22O11/c1-8-2-3-9(14-7-12(25)16-11(24)5-10(23)6-15(16)31-14)4-13(8)32-22-19(28)17(26)18(27)20(33-22)21(29)30/h2-6,14,17-20,22-24,26-28H,7H2,1H3,(H,29,30)/t14-,17-,18-,19+,20-,22-/m0/s1. The summed E-state index contributed by atoms with van der Waals surface area (Å²) in [5.74, 6) is -2.42. The summed E-state index contributed by atoms with van der Waals surface area (Å²) in [6.07, 6.45) is -9.70. The summed E-state index contributed by atoms with van der Waals surface area (Å²) >= 11 is 0. The van der Waals surface area contributed by atoms with Crippen LogP contribution in [0.15, 0.2) is 30.3 Å². The quantitative estimate of drug-likeness (QED) is 0.369. The van der Waals surface area contributed by atoms with E-state index >= 15 is 0 Å². The van der Waals surface area contributed by atoms with Gasteiger partial charge in [-0.05, 0) is 24.1 Å². The van der Waals surface area contributed by atoms with E-state index in [1.807, 2.05) is 0 Å². The number of Topliss-reactive ketones (excluding diaryl/α,β-unsaturated/α-hetero) is 1. The topological polar surface area (TPSA) is 183 Å². The zero-order valence-electron chi connectivity index (χ0n) is 17.3. The van der Waals surface area contributed by atoms with E-state index in [-0.39, 0.29) is 29.2 Å². The molecule has 0 radical (unpaired) electrons. The zero-order valence-corrected chi connectivity index (χ0v) is 17.3. The normalized spacial score (nSPS) is 29.2. The van der Waals surface area contributed by atoms with Crippen LogP contribution in [0.25, 0.3) is 0 Å². The first-order chi connectivity index (χ1) is 15.6. The first-order valence-corrected chi connectivity index (χ1v) is 10.0. The van der Waals surface area contributed by atoms with Crippen molar-refractivity contribution in [3.8, 4) is 23.0 Å². The molecule has 0 spiro atoms. The van der Waals surface area contributed by atoms with E-state index < -0.39 is 54.3 Å². The molecule has 2 aliphatic heterocycles. The van der Waals surface area contributed by atoms with Gasteiger partial charge < -0.3 is 44.8 Å². The Hall–Kier alpha value is -3.38. The molecule has 1 saturated heterocycles. The molecule has 0 aliphatic carbocycles. The van der Waals surface area contributed by atoms with Gasteiger partial charge in [-0.2, -0.15) is 0 Å². The molecule has 11 heteroatoms. The Labute approximate surface area is 187 Å². The average Bonchev–Trinajstić information content (AvgIpc) is 2.74. The fourth-order valence-corrected chi connectivity index (χ4v) is 3.83. The monoisotopic (exact) mass is 462 g/mol. The number of phenols is 2. The van der Waals surface area contributed by atoms with Crippen LogP contribution < -0.4 is 9.47 Å². The molecule has 2 aromatic carbocycles. The van der Waals surface area contributed by atoms with Crippen molar-refractivity contribution in [2.75, 3.05) is 0 Å². The van der Waals surface area contributed by atoms with E-state index in [9.17, 15) is 40.2 Å². The molecule has 11 nitrogen and oxygen atoms in total. The van der Waals surface area contributed by atoms with E-state index in [0.29, 0.717) is 11.1 Å². The molecule has 2 aromatic rings. The molecule has 6 N–H and O–H groups in total. The Morgan fingerprint density at radius 3 is 2.48 bits per heavy atom. The predicted octanol–water partition coefficient (Wildman–Crippen LogP) is 0.384. The minimum Gasteiger partial charge on any atom is -0.508 e. The van der Waals surface area contributed by atoms with Crippen LogP contribution in [-0.2, 0) is 9.53 Å². The lowest BCUT2D eigenvalue weighted by molar-refractivity contribution is -0.271. The number of carbonyl (C=O) groups is 2. The molecule has 2 aliphatic rings. The van der Waals surface area contributed by atoms with E-state index in [4.69, 9.17) is 14.2 Å². The lowest BCUT2D eigenvalue weighted by Crippen LogP contribution is -2.61. The van der Waals surface area contributed by atoms with E-state index in [2.05, 4.69) is 0 Å². The van der Waals surface area contributed by atoms with Gasteiger partial charge >= 0.3 is 5.97 Å². The van der Waals surface area contributed by atoms with Crippen LogP contribution in [0.5, 0.6) is 23.0 Å². The molecule has 0 saturated carbocycles. The van der Waals surface area contributed by atoms with Gasteiger partial charge in [-0.25, -0.2) is 4.79 Å². The van der Waals surface area contributed by atoms with Crippen molar-refractivity contribution >= 4 is 11.8 Å². The Morgan fingerprint density at radius 1 is 1.06 bits per heavy atom. The number of aryl methyl sites for hydroxylation is 1. The Balaban J connectivity index is 1.60. The summed E-state index contributed by atoms with van der Waals surface area (Å²) in [6.45, 7) is 1.67. The third-order valence-corrected chi connectivity index (χ3v) is 5.63. The number of ether oxygens (including phenoxy) is 3. The van der Waals surface area contributed by atoms with Crippen molar-refractivity contribution in [3.05, 3.63) is 47.0 Å². The molecule has 33 heavy (non-hydrogen) atoms. The van der Waals surface area contributed by atoms with E-state index in [0.717, 1.165) is 6.07 Å². The predicted molar refractivity (Wildman–Crippen MR) is 108 cm³/mol. The molecule has 2 heterocycles. The molecule has 176 valence electrons. The highest BCUT2D eigenvalue weighted by molar-refractivity contribution is 6.02.